The van der Waals surface area contributed by atoms with Gasteiger partial charge in [-0.05, 0) is 36.8 Å². The van der Waals surface area contributed by atoms with Crippen LogP contribution < -0.4 is 5.32 Å². The molecule has 2 aromatic rings. The first-order chi connectivity index (χ1) is 9.49. The number of amides is 1. The van der Waals surface area contributed by atoms with Gasteiger partial charge >= 0.3 is 0 Å². The predicted molar refractivity (Wildman–Crippen MR) is 81.4 cm³/mol. The quantitative estimate of drug-likeness (QED) is 0.846. The van der Waals surface area contributed by atoms with Crippen molar-refractivity contribution in [1.29, 1.82) is 0 Å². The summed E-state index contributed by atoms with van der Waals surface area (Å²) in [4.78, 5) is 12.1. The van der Waals surface area contributed by atoms with Crippen LogP contribution in [0.3, 0.4) is 0 Å². The standard InChI is InChI=1S/C15H12BrClFNO/c1-9(10-4-2-5-11(16)8-10)19-15(20)12-6-3-7-13(18)14(12)17/h2-9H,1H3,(H,19,20). The number of hydrogen-bond donors (Lipinski definition) is 1. The Kier molecular flexibility index (Phi) is 4.78. The number of nitrogens with one attached hydrogen (secondary N) is 1. The fraction of sp³-hybridized carbons (Fsp3) is 0.133. The smallest absolute Gasteiger partial charge is 0.253 e. The second kappa shape index (κ2) is 6.37. The Morgan fingerprint density at radius 2 is 2.00 bits per heavy atom. The molecule has 1 amide bonds. The van der Waals surface area contributed by atoms with Crippen molar-refractivity contribution in [3.8, 4) is 0 Å². The Morgan fingerprint density at radius 3 is 2.70 bits per heavy atom. The molecule has 1 atom stereocenters. The van der Waals surface area contributed by atoms with Crippen LogP contribution in [0.2, 0.25) is 5.02 Å². The summed E-state index contributed by atoms with van der Waals surface area (Å²) in [6.45, 7) is 1.85. The van der Waals surface area contributed by atoms with Crippen LogP contribution in [0.1, 0.15) is 28.9 Å². The molecule has 0 heterocycles. The average Bonchev–Trinajstić information content (AvgIpc) is 2.41. The second-order valence-corrected chi connectivity index (χ2v) is 5.65. The van der Waals surface area contributed by atoms with E-state index in [2.05, 4.69) is 21.2 Å². The molecule has 104 valence electrons. The fourth-order valence-corrected chi connectivity index (χ4v) is 2.44. The molecule has 20 heavy (non-hydrogen) atoms. The summed E-state index contributed by atoms with van der Waals surface area (Å²) in [7, 11) is 0. The molecule has 5 heteroatoms. The lowest BCUT2D eigenvalue weighted by molar-refractivity contribution is 0.0939. The molecule has 0 aliphatic heterocycles. The summed E-state index contributed by atoms with van der Waals surface area (Å²) in [6.07, 6.45) is 0. The van der Waals surface area contributed by atoms with Crippen LogP contribution in [0.5, 0.6) is 0 Å². The van der Waals surface area contributed by atoms with Crippen LogP contribution in [0.4, 0.5) is 4.39 Å². The van der Waals surface area contributed by atoms with E-state index in [4.69, 9.17) is 11.6 Å². The maximum absolute atomic E-state index is 13.3. The monoisotopic (exact) mass is 355 g/mol. The number of halogens is 3. The average molecular weight is 357 g/mol. The van der Waals surface area contributed by atoms with E-state index in [-0.39, 0.29) is 16.6 Å². The molecule has 0 bridgehead atoms. The minimum atomic E-state index is -0.602. The molecule has 0 saturated carbocycles. The van der Waals surface area contributed by atoms with Crippen molar-refractivity contribution < 1.29 is 9.18 Å². The number of carbonyl (C=O) groups is 1. The number of hydrogen-bond acceptors (Lipinski definition) is 1. The van der Waals surface area contributed by atoms with Crippen LogP contribution in [-0.4, -0.2) is 5.91 Å². The van der Waals surface area contributed by atoms with E-state index >= 15 is 0 Å². The Morgan fingerprint density at radius 1 is 1.30 bits per heavy atom. The first kappa shape index (κ1) is 15.0. The van der Waals surface area contributed by atoms with Gasteiger partial charge in [0.05, 0.1) is 16.6 Å². The third-order valence-electron chi connectivity index (χ3n) is 2.89. The molecule has 1 unspecified atom stereocenters. The molecule has 0 spiro atoms. The van der Waals surface area contributed by atoms with Gasteiger partial charge in [0.15, 0.2) is 0 Å². The van der Waals surface area contributed by atoms with Crippen LogP contribution in [0.15, 0.2) is 46.9 Å². The zero-order chi connectivity index (χ0) is 14.7. The molecule has 2 aromatic carbocycles. The number of carbonyl (C=O) groups excluding carboxylic acids is 1. The van der Waals surface area contributed by atoms with Gasteiger partial charge in [0.1, 0.15) is 5.82 Å². The molecule has 0 aromatic heterocycles. The SMILES string of the molecule is CC(NC(=O)c1cccc(F)c1Cl)c1cccc(Br)c1. The largest absolute Gasteiger partial charge is 0.345 e. The van der Waals surface area contributed by atoms with Crippen LogP contribution in [0.25, 0.3) is 0 Å². The molecule has 0 radical (unpaired) electrons. The van der Waals surface area contributed by atoms with Crippen molar-refractivity contribution in [3.63, 3.8) is 0 Å². The third kappa shape index (κ3) is 3.38. The third-order valence-corrected chi connectivity index (χ3v) is 3.77. The highest BCUT2D eigenvalue weighted by Crippen LogP contribution is 2.22. The van der Waals surface area contributed by atoms with E-state index in [0.717, 1.165) is 10.0 Å². The summed E-state index contributed by atoms with van der Waals surface area (Å²) in [6, 6.07) is 11.6. The van der Waals surface area contributed by atoms with Gasteiger partial charge in [-0.25, -0.2) is 4.39 Å². The molecular formula is C15H12BrClFNO. The zero-order valence-corrected chi connectivity index (χ0v) is 13.0. The van der Waals surface area contributed by atoms with Gasteiger partial charge in [0, 0.05) is 4.47 Å². The van der Waals surface area contributed by atoms with E-state index in [1.165, 1.54) is 18.2 Å². The molecule has 0 aliphatic carbocycles. The number of benzene rings is 2. The number of rotatable bonds is 3. The minimum Gasteiger partial charge on any atom is -0.345 e. The van der Waals surface area contributed by atoms with Crippen molar-refractivity contribution in [3.05, 3.63) is 68.9 Å². The summed E-state index contributed by atoms with van der Waals surface area (Å²) in [5.41, 5.74) is 1.08. The summed E-state index contributed by atoms with van der Waals surface area (Å²) >= 11 is 9.18. The Labute approximate surface area is 130 Å². The van der Waals surface area contributed by atoms with Crippen molar-refractivity contribution in [2.75, 3.05) is 0 Å². The lowest BCUT2D eigenvalue weighted by Crippen LogP contribution is -2.27. The van der Waals surface area contributed by atoms with Crippen LogP contribution in [-0.2, 0) is 0 Å². The predicted octanol–water partition coefficient (Wildman–Crippen LogP) is 4.73. The van der Waals surface area contributed by atoms with Gasteiger partial charge in [-0.1, -0.05) is 45.7 Å². The lowest BCUT2D eigenvalue weighted by atomic mass is 10.1. The minimum absolute atomic E-state index is 0.133. The highest BCUT2D eigenvalue weighted by Gasteiger charge is 2.16. The Bertz CT molecular complexity index is 648. The van der Waals surface area contributed by atoms with E-state index in [1.54, 1.807) is 0 Å². The van der Waals surface area contributed by atoms with Crippen molar-refractivity contribution >= 4 is 33.4 Å². The zero-order valence-electron chi connectivity index (χ0n) is 10.7. The topological polar surface area (TPSA) is 29.1 Å². The maximum Gasteiger partial charge on any atom is 0.253 e. The van der Waals surface area contributed by atoms with Gasteiger partial charge < -0.3 is 5.32 Å². The molecule has 0 fully saturated rings. The summed E-state index contributed by atoms with van der Waals surface area (Å²) in [5.74, 6) is -1.00. The van der Waals surface area contributed by atoms with E-state index < -0.39 is 11.7 Å². The first-order valence-electron chi connectivity index (χ1n) is 5.99. The molecule has 2 rings (SSSR count). The normalized spacial score (nSPS) is 12.0. The van der Waals surface area contributed by atoms with Gasteiger partial charge in [-0.3, -0.25) is 4.79 Å². The molecule has 2 nitrogen and oxygen atoms in total. The van der Waals surface area contributed by atoms with Crippen LogP contribution >= 0.6 is 27.5 Å². The summed E-state index contributed by atoms with van der Waals surface area (Å²) < 4.78 is 14.3. The second-order valence-electron chi connectivity index (χ2n) is 4.35. The Balaban J connectivity index is 2.17. The Hall–Kier alpha value is -1.39. The lowest BCUT2D eigenvalue weighted by Gasteiger charge is -2.15. The van der Waals surface area contributed by atoms with Crippen molar-refractivity contribution in [1.82, 2.24) is 5.32 Å². The molecule has 0 aliphatic rings. The highest BCUT2D eigenvalue weighted by atomic mass is 79.9. The molecular weight excluding hydrogens is 345 g/mol. The van der Waals surface area contributed by atoms with Gasteiger partial charge in [0.25, 0.3) is 5.91 Å². The van der Waals surface area contributed by atoms with Crippen molar-refractivity contribution in [2.45, 2.75) is 13.0 Å². The van der Waals surface area contributed by atoms with Gasteiger partial charge in [-0.15, -0.1) is 0 Å². The van der Waals surface area contributed by atoms with E-state index in [1.807, 2.05) is 31.2 Å². The van der Waals surface area contributed by atoms with E-state index in [0.29, 0.717) is 0 Å². The van der Waals surface area contributed by atoms with Gasteiger partial charge in [-0.2, -0.15) is 0 Å². The van der Waals surface area contributed by atoms with Crippen molar-refractivity contribution in [2.24, 2.45) is 0 Å². The maximum atomic E-state index is 13.3. The first-order valence-corrected chi connectivity index (χ1v) is 7.16. The van der Waals surface area contributed by atoms with E-state index in [9.17, 15) is 9.18 Å². The van der Waals surface area contributed by atoms with Crippen LogP contribution in [0, 0.1) is 5.82 Å². The van der Waals surface area contributed by atoms with Gasteiger partial charge in [0.2, 0.25) is 0 Å². The fourth-order valence-electron chi connectivity index (χ4n) is 1.81. The molecule has 1 N–H and O–H groups in total. The summed E-state index contributed by atoms with van der Waals surface area (Å²) in [5, 5.41) is 2.64. The molecule has 0 saturated heterocycles. The highest BCUT2D eigenvalue weighted by molar-refractivity contribution is 9.10.